The molecule has 0 radical (unpaired) electrons. The Balaban J connectivity index is 2.19. The van der Waals surface area contributed by atoms with Crippen molar-refractivity contribution in [2.24, 2.45) is 0 Å². The third kappa shape index (κ3) is 3.22. The van der Waals surface area contributed by atoms with E-state index in [0.717, 1.165) is 16.6 Å². The first kappa shape index (κ1) is 14.7. The summed E-state index contributed by atoms with van der Waals surface area (Å²) in [6, 6.07) is 9.63. The molecule has 0 unspecified atom stereocenters. The van der Waals surface area contributed by atoms with Crippen LogP contribution in [-0.2, 0) is 11.9 Å². The van der Waals surface area contributed by atoms with Crippen LogP contribution in [-0.4, -0.2) is 19.2 Å². The van der Waals surface area contributed by atoms with Gasteiger partial charge in [-0.25, -0.2) is 0 Å². The van der Waals surface area contributed by atoms with Crippen molar-refractivity contribution in [3.05, 3.63) is 47.8 Å². The van der Waals surface area contributed by atoms with Crippen LogP contribution in [0.25, 0.3) is 0 Å². The average molecular weight is 338 g/mol. The SMILES string of the molecule is COc1ccnc(COc2ccccc2CBr)c1OC. The van der Waals surface area contributed by atoms with E-state index < -0.39 is 0 Å². The van der Waals surface area contributed by atoms with Gasteiger partial charge in [-0.1, -0.05) is 34.1 Å². The number of rotatable bonds is 6. The third-order valence-corrected chi connectivity index (χ3v) is 3.45. The Labute approximate surface area is 126 Å². The zero-order valence-electron chi connectivity index (χ0n) is 11.4. The molecule has 0 spiro atoms. The number of para-hydroxylation sites is 1. The molecular formula is C15H16BrNO3. The summed E-state index contributed by atoms with van der Waals surface area (Å²) in [5.41, 5.74) is 1.80. The Bertz CT molecular complexity index is 575. The van der Waals surface area contributed by atoms with Crippen LogP contribution in [0.3, 0.4) is 0 Å². The fourth-order valence-electron chi connectivity index (χ4n) is 1.85. The number of alkyl halides is 1. The summed E-state index contributed by atoms with van der Waals surface area (Å²) < 4.78 is 16.4. The standard InChI is InChI=1S/C15H16BrNO3/c1-18-14-7-8-17-12(15(14)19-2)10-20-13-6-4-3-5-11(13)9-16/h3-8H,9-10H2,1-2H3. The molecule has 0 amide bonds. The molecule has 1 heterocycles. The Morgan fingerprint density at radius 1 is 1.05 bits per heavy atom. The smallest absolute Gasteiger partial charge is 0.185 e. The maximum absolute atomic E-state index is 5.83. The van der Waals surface area contributed by atoms with E-state index in [1.165, 1.54) is 0 Å². The van der Waals surface area contributed by atoms with Crippen molar-refractivity contribution in [2.45, 2.75) is 11.9 Å². The number of methoxy groups -OCH3 is 2. The van der Waals surface area contributed by atoms with Crippen molar-refractivity contribution >= 4 is 15.9 Å². The van der Waals surface area contributed by atoms with E-state index in [1.54, 1.807) is 26.5 Å². The molecule has 0 saturated carbocycles. The van der Waals surface area contributed by atoms with Crippen LogP contribution in [0.15, 0.2) is 36.5 Å². The van der Waals surface area contributed by atoms with Crippen LogP contribution < -0.4 is 14.2 Å². The summed E-state index contributed by atoms with van der Waals surface area (Å²) in [6.45, 7) is 0.324. The molecule has 0 bridgehead atoms. The number of pyridine rings is 1. The van der Waals surface area contributed by atoms with Crippen LogP contribution >= 0.6 is 15.9 Å². The van der Waals surface area contributed by atoms with E-state index in [-0.39, 0.29) is 0 Å². The van der Waals surface area contributed by atoms with Crippen molar-refractivity contribution in [3.63, 3.8) is 0 Å². The predicted molar refractivity (Wildman–Crippen MR) is 80.7 cm³/mol. The summed E-state index contributed by atoms with van der Waals surface area (Å²) >= 11 is 3.45. The van der Waals surface area contributed by atoms with Crippen molar-refractivity contribution in [3.8, 4) is 17.2 Å². The Morgan fingerprint density at radius 2 is 1.85 bits per heavy atom. The van der Waals surface area contributed by atoms with E-state index in [2.05, 4.69) is 20.9 Å². The van der Waals surface area contributed by atoms with Gasteiger partial charge in [-0.3, -0.25) is 4.98 Å². The van der Waals surface area contributed by atoms with Gasteiger partial charge < -0.3 is 14.2 Å². The van der Waals surface area contributed by atoms with Gasteiger partial charge in [0.05, 0.1) is 14.2 Å². The Hall–Kier alpha value is -1.75. The lowest BCUT2D eigenvalue weighted by Crippen LogP contribution is -2.04. The van der Waals surface area contributed by atoms with Gasteiger partial charge in [-0.05, 0) is 6.07 Å². The minimum atomic E-state index is 0.324. The van der Waals surface area contributed by atoms with Gasteiger partial charge in [0.15, 0.2) is 11.5 Å². The largest absolute Gasteiger partial charge is 0.493 e. The molecule has 4 nitrogen and oxygen atoms in total. The number of ether oxygens (including phenoxy) is 3. The van der Waals surface area contributed by atoms with Gasteiger partial charge in [0.25, 0.3) is 0 Å². The topological polar surface area (TPSA) is 40.6 Å². The van der Waals surface area contributed by atoms with Gasteiger partial charge in [0, 0.05) is 23.2 Å². The zero-order valence-corrected chi connectivity index (χ0v) is 13.0. The molecule has 2 aromatic rings. The second kappa shape index (κ2) is 7.14. The van der Waals surface area contributed by atoms with Crippen molar-refractivity contribution < 1.29 is 14.2 Å². The quantitative estimate of drug-likeness (QED) is 0.755. The van der Waals surface area contributed by atoms with E-state index in [1.807, 2.05) is 24.3 Å². The molecule has 0 aliphatic rings. The number of benzene rings is 1. The lowest BCUT2D eigenvalue weighted by atomic mass is 10.2. The number of hydrogen-bond donors (Lipinski definition) is 0. The van der Waals surface area contributed by atoms with Crippen LogP contribution in [0.4, 0.5) is 0 Å². The summed E-state index contributed by atoms with van der Waals surface area (Å²) in [7, 11) is 3.19. The summed E-state index contributed by atoms with van der Waals surface area (Å²) in [4.78, 5) is 4.29. The normalized spacial score (nSPS) is 10.2. The fourth-order valence-corrected chi connectivity index (χ4v) is 2.32. The summed E-state index contributed by atoms with van der Waals surface area (Å²) in [5, 5.41) is 0.742. The number of nitrogens with zero attached hydrogens (tertiary/aromatic N) is 1. The number of halogens is 1. The van der Waals surface area contributed by atoms with Gasteiger partial charge in [0.1, 0.15) is 18.1 Å². The molecule has 106 valence electrons. The first-order valence-corrected chi connectivity index (χ1v) is 7.24. The van der Waals surface area contributed by atoms with Gasteiger partial charge in [-0.2, -0.15) is 0 Å². The Morgan fingerprint density at radius 3 is 2.55 bits per heavy atom. The van der Waals surface area contributed by atoms with E-state index in [4.69, 9.17) is 14.2 Å². The lowest BCUT2D eigenvalue weighted by molar-refractivity contribution is 0.283. The average Bonchev–Trinajstić information content (AvgIpc) is 2.52. The zero-order chi connectivity index (χ0) is 14.4. The molecule has 0 N–H and O–H groups in total. The number of aromatic nitrogens is 1. The molecule has 5 heteroatoms. The molecule has 0 atom stereocenters. The van der Waals surface area contributed by atoms with Crippen molar-refractivity contribution in [1.29, 1.82) is 0 Å². The lowest BCUT2D eigenvalue weighted by Gasteiger charge is -2.13. The highest BCUT2D eigenvalue weighted by Crippen LogP contribution is 2.30. The Kier molecular flexibility index (Phi) is 5.24. The first-order chi connectivity index (χ1) is 9.80. The fraction of sp³-hybridized carbons (Fsp3) is 0.267. The third-order valence-electron chi connectivity index (χ3n) is 2.85. The highest BCUT2D eigenvalue weighted by atomic mass is 79.9. The summed E-state index contributed by atoms with van der Waals surface area (Å²) in [6.07, 6.45) is 1.68. The number of hydrogen-bond acceptors (Lipinski definition) is 4. The molecule has 0 fully saturated rings. The van der Waals surface area contributed by atoms with Crippen molar-refractivity contribution in [2.75, 3.05) is 14.2 Å². The van der Waals surface area contributed by atoms with Crippen LogP contribution in [0.1, 0.15) is 11.3 Å². The van der Waals surface area contributed by atoms with Gasteiger partial charge in [-0.15, -0.1) is 0 Å². The molecule has 1 aromatic carbocycles. The monoisotopic (exact) mass is 337 g/mol. The van der Waals surface area contributed by atoms with Crippen LogP contribution in [0, 0.1) is 0 Å². The van der Waals surface area contributed by atoms with E-state index in [9.17, 15) is 0 Å². The van der Waals surface area contributed by atoms with Gasteiger partial charge >= 0.3 is 0 Å². The molecular weight excluding hydrogens is 322 g/mol. The maximum atomic E-state index is 5.83. The summed E-state index contributed by atoms with van der Waals surface area (Å²) in [5.74, 6) is 2.08. The highest BCUT2D eigenvalue weighted by Gasteiger charge is 2.12. The molecule has 1 aromatic heterocycles. The molecule has 0 saturated heterocycles. The molecule has 20 heavy (non-hydrogen) atoms. The van der Waals surface area contributed by atoms with Gasteiger partial charge in [0.2, 0.25) is 0 Å². The van der Waals surface area contributed by atoms with E-state index in [0.29, 0.717) is 23.8 Å². The molecule has 0 aliphatic heterocycles. The van der Waals surface area contributed by atoms with Crippen LogP contribution in [0.2, 0.25) is 0 Å². The molecule has 2 rings (SSSR count). The second-order valence-electron chi connectivity index (χ2n) is 4.02. The second-order valence-corrected chi connectivity index (χ2v) is 4.58. The molecule has 0 aliphatic carbocycles. The van der Waals surface area contributed by atoms with Crippen molar-refractivity contribution in [1.82, 2.24) is 4.98 Å². The predicted octanol–water partition coefficient (Wildman–Crippen LogP) is 3.57. The highest BCUT2D eigenvalue weighted by molar-refractivity contribution is 9.08. The minimum absolute atomic E-state index is 0.324. The van der Waals surface area contributed by atoms with Crippen LogP contribution in [0.5, 0.6) is 17.2 Å². The van der Waals surface area contributed by atoms with E-state index >= 15 is 0 Å². The minimum Gasteiger partial charge on any atom is -0.493 e. The maximum Gasteiger partial charge on any atom is 0.185 e. The first-order valence-electron chi connectivity index (χ1n) is 6.12.